The lowest BCUT2D eigenvalue weighted by Crippen LogP contribution is -2.40. The quantitative estimate of drug-likeness (QED) is 0.602. The molecular formula is C23H23N5O4S3. The number of carbonyl (C=O) groups excluding carboxylic acids is 2. The van der Waals surface area contributed by atoms with Crippen LogP contribution in [-0.4, -0.2) is 57.9 Å². The second-order valence-corrected chi connectivity index (χ2v) is 10.9. The Morgan fingerprint density at radius 2 is 2.14 bits per heavy atom. The number of aliphatic imine (C=N–C) groups is 1. The van der Waals surface area contributed by atoms with E-state index in [0.29, 0.717) is 40.4 Å². The number of amidine groups is 1. The Bertz CT molecular complexity index is 1230. The number of fused-ring (bicyclic) bond motifs is 1. The number of carbonyl (C=O) groups is 2. The van der Waals surface area contributed by atoms with Gasteiger partial charge in [0.05, 0.1) is 30.5 Å². The summed E-state index contributed by atoms with van der Waals surface area (Å²) in [6.07, 6.45) is 3.18. The summed E-state index contributed by atoms with van der Waals surface area (Å²) in [7, 11) is 3.18. The molecule has 182 valence electrons. The molecule has 3 aliphatic heterocycles. The van der Waals surface area contributed by atoms with E-state index in [0.717, 1.165) is 16.1 Å². The molecule has 0 saturated carbocycles. The summed E-state index contributed by atoms with van der Waals surface area (Å²) in [5.41, 5.74) is 4.97. The maximum atomic E-state index is 13.5. The second-order valence-electron chi connectivity index (χ2n) is 7.73. The van der Waals surface area contributed by atoms with E-state index in [1.54, 1.807) is 35.6 Å². The maximum Gasteiger partial charge on any atom is 0.252 e. The van der Waals surface area contributed by atoms with Gasteiger partial charge in [0, 0.05) is 18.5 Å². The van der Waals surface area contributed by atoms with Gasteiger partial charge in [-0.25, -0.2) is 10.0 Å². The molecule has 0 spiro atoms. The first-order valence-corrected chi connectivity index (χ1v) is 13.6. The van der Waals surface area contributed by atoms with Crippen molar-refractivity contribution in [2.75, 3.05) is 26.5 Å². The normalized spacial score (nSPS) is 19.4. The van der Waals surface area contributed by atoms with E-state index in [-0.39, 0.29) is 23.6 Å². The number of benzene rings is 1. The monoisotopic (exact) mass is 529 g/mol. The zero-order chi connectivity index (χ0) is 24.4. The molecule has 0 radical (unpaired) electrons. The van der Waals surface area contributed by atoms with Crippen LogP contribution in [-0.2, 0) is 9.59 Å². The molecule has 2 amide bonds. The molecule has 0 bridgehead atoms. The van der Waals surface area contributed by atoms with Gasteiger partial charge in [-0.1, -0.05) is 30.0 Å². The Kier molecular flexibility index (Phi) is 7.02. The minimum Gasteiger partial charge on any atom is -0.493 e. The Hall–Kier alpha value is -2.96. The van der Waals surface area contributed by atoms with Crippen molar-refractivity contribution in [1.29, 1.82) is 0 Å². The van der Waals surface area contributed by atoms with Crippen LogP contribution in [0.4, 0.5) is 0 Å². The van der Waals surface area contributed by atoms with Crippen LogP contribution in [0.25, 0.3) is 5.70 Å². The lowest BCUT2D eigenvalue weighted by Gasteiger charge is -2.26. The summed E-state index contributed by atoms with van der Waals surface area (Å²) < 4.78 is 11.8. The average Bonchev–Trinajstić information content (AvgIpc) is 3.60. The predicted octanol–water partition coefficient (Wildman–Crippen LogP) is 3.92. The van der Waals surface area contributed by atoms with Gasteiger partial charge in [-0.05, 0) is 41.8 Å². The highest BCUT2D eigenvalue weighted by Crippen LogP contribution is 2.41. The fourth-order valence-corrected chi connectivity index (χ4v) is 6.50. The van der Waals surface area contributed by atoms with Gasteiger partial charge >= 0.3 is 0 Å². The third kappa shape index (κ3) is 4.91. The van der Waals surface area contributed by atoms with Crippen molar-refractivity contribution in [3.05, 3.63) is 52.2 Å². The Labute approximate surface area is 215 Å². The van der Waals surface area contributed by atoms with Gasteiger partial charge in [0.2, 0.25) is 5.91 Å². The van der Waals surface area contributed by atoms with E-state index in [4.69, 9.17) is 9.47 Å². The Morgan fingerprint density at radius 3 is 2.91 bits per heavy atom. The molecule has 5 rings (SSSR count). The number of para-hydroxylation sites is 1. The molecule has 2 aromatic rings. The van der Waals surface area contributed by atoms with Gasteiger partial charge in [0.1, 0.15) is 6.04 Å². The van der Waals surface area contributed by atoms with Gasteiger partial charge in [-0.2, -0.15) is 10.1 Å². The molecule has 1 atom stereocenters. The number of thioether (sulfide) groups is 2. The van der Waals surface area contributed by atoms with Crippen molar-refractivity contribution < 1.29 is 19.1 Å². The van der Waals surface area contributed by atoms with Gasteiger partial charge in [0.15, 0.2) is 21.0 Å². The van der Waals surface area contributed by atoms with Crippen LogP contribution in [0.3, 0.4) is 0 Å². The molecule has 35 heavy (non-hydrogen) atoms. The molecule has 1 aromatic carbocycles. The molecule has 0 saturated heterocycles. The minimum atomic E-state index is -0.389. The number of nitrogens with zero attached hydrogens (tertiary/aromatic N) is 4. The first kappa shape index (κ1) is 23.8. The van der Waals surface area contributed by atoms with Crippen molar-refractivity contribution in [3.8, 4) is 11.5 Å². The third-order valence-electron chi connectivity index (χ3n) is 5.55. The lowest BCUT2D eigenvalue weighted by molar-refractivity contribution is -0.131. The van der Waals surface area contributed by atoms with Gasteiger partial charge < -0.3 is 9.47 Å². The summed E-state index contributed by atoms with van der Waals surface area (Å²) >= 11 is 4.27. The van der Waals surface area contributed by atoms with Crippen molar-refractivity contribution >= 4 is 61.9 Å². The molecule has 12 heteroatoms. The molecule has 4 heterocycles. The van der Waals surface area contributed by atoms with Crippen molar-refractivity contribution in [2.45, 2.75) is 18.9 Å². The molecule has 1 aromatic heterocycles. The number of hydrogen-bond donors (Lipinski definition) is 1. The highest BCUT2D eigenvalue weighted by atomic mass is 32.2. The third-order valence-corrected chi connectivity index (χ3v) is 8.52. The van der Waals surface area contributed by atoms with Crippen LogP contribution < -0.4 is 14.9 Å². The first-order valence-electron chi connectivity index (χ1n) is 10.9. The number of methoxy groups -OCH3 is 2. The molecule has 1 N–H and O–H groups in total. The average molecular weight is 530 g/mol. The lowest BCUT2D eigenvalue weighted by atomic mass is 10.0. The van der Waals surface area contributed by atoms with E-state index in [9.17, 15) is 9.59 Å². The van der Waals surface area contributed by atoms with Crippen molar-refractivity contribution in [1.82, 2.24) is 15.4 Å². The second kappa shape index (κ2) is 10.3. The number of thiophene rings is 1. The van der Waals surface area contributed by atoms with Gasteiger partial charge in [0.25, 0.3) is 5.91 Å². The van der Waals surface area contributed by atoms with Crippen LogP contribution >= 0.6 is 34.9 Å². The molecular weight excluding hydrogens is 506 g/mol. The van der Waals surface area contributed by atoms with Crippen LogP contribution in [0.1, 0.15) is 29.3 Å². The largest absolute Gasteiger partial charge is 0.493 e. The zero-order valence-corrected chi connectivity index (χ0v) is 21.5. The number of hydrogen-bond acceptors (Lipinski definition) is 10. The number of amides is 2. The molecule has 3 aliphatic rings. The van der Waals surface area contributed by atoms with E-state index in [2.05, 4.69) is 15.5 Å². The number of ether oxygens (including phenoxy) is 2. The van der Waals surface area contributed by atoms with Gasteiger partial charge in [-0.3, -0.25) is 15.0 Å². The number of nitrogens with one attached hydrogen (secondary N) is 1. The fourth-order valence-electron chi connectivity index (χ4n) is 3.94. The van der Waals surface area contributed by atoms with E-state index >= 15 is 0 Å². The van der Waals surface area contributed by atoms with E-state index in [1.807, 2.05) is 41.8 Å². The van der Waals surface area contributed by atoms with E-state index < -0.39 is 0 Å². The van der Waals surface area contributed by atoms with Crippen LogP contribution in [0.2, 0.25) is 0 Å². The topological polar surface area (TPSA) is 95.8 Å². The summed E-state index contributed by atoms with van der Waals surface area (Å²) in [6, 6.07) is 9.25. The maximum absolute atomic E-state index is 13.5. The Morgan fingerprint density at radius 1 is 1.26 bits per heavy atom. The van der Waals surface area contributed by atoms with E-state index in [1.165, 1.54) is 23.5 Å². The highest BCUT2D eigenvalue weighted by Gasteiger charge is 2.34. The summed E-state index contributed by atoms with van der Waals surface area (Å²) in [6.45, 7) is 0.648. The SMILES string of the molecule is COc1cccc(C2C=C(c3cccs3)NN2C(=O)CSC2=NN3CCCC(=O)N=C3S2)c1OC. The first-order chi connectivity index (χ1) is 17.1. The summed E-state index contributed by atoms with van der Waals surface area (Å²) in [5, 5.41) is 10.5. The fraction of sp³-hybridized carbons (Fsp3) is 0.304. The Balaban J connectivity index is 1.36. The predicted molar refractivity (Wildman–Crippen MR) is 140 cm³/mol. The van der Waals surface area contributed by atoms with Crippen LogP contribution in [0.15, 0.2) is 51.9 Å². The number of rotatable bonds is 6. The number of hydrazone groups is 1. The minimum absolute atomic E-state index is 0.115. The molecule has 9 nitrogen and oxygen atoms in total. The van der Waals surface area contributed by atoms with Gasteiger partial charge in [-0.15, -0.1) is 11.3 Å². The van der Waals surface area contributed by atoms with Crippen molar-refractivity contribution in [2.24, 2.45) is 10.1 Å². The summed E-state index contributed by atoms with van der Waals surface area (Å²) in [4.78, 5) is 30.4. The standard InChI is InChI=1S/C23H23N5O4S3/c1-31-17-7-3-6-14(21(17)32-2)16-12-15(18-8-5-11-33-18)25-28(16)20(30)13-34-23-26-27-10-4-9-19(29)24-22(27)35-23/h3,5-8,11-12,16,25H,4,9-10,13H2,1-2H3. The molecule has 1 unspecified atom stereocenters. The van der Waals surface area contributed by atoms with Crippen LogP contribution in [0.5, 0.6) is 11.5 Å². The summed E-state index contributed by atoms with van der Waals surface area (Å²) in [5.74, 6) is 1.11. The smallest absolute Gasteiger partial charge is 0.252 e. The molecule has 0 aliphatic carbocycles. The molecule has 0 fully saturated rings. The van der Waals surface area contributed by atoms with Crippen LogP contribution in [0, 0.1) is 0 Å². The highest BCUT2D eigenvalue weighted by molar-refractivity contribution is 8.45. The van der Waals surface area contributed by atoms with Crippen molar-refractivity contribution in [3.63, 3.8) is 0 Å². The zero-order valence-electron chi connectivity index (χ0n) is 19.1. The number of hydrazine groups is 1.